The molecule has 0 radical (unpaired) electrons. The summed E-state index contributed by atoms with van der Waals surface area (Å²) >= 11 is 0. The fourth-order valence-electron chi connectivity index (χ4n) is 0. The Balaban J connectivity index is -0.000000000341. The van der Waals surface area contributed by atoms with Gasteiger partial charge in [0.1, 0.15) is 0 Å². The number of hydrogen-bond acceptors (Lipinski definition) is 82. The van der Waals surface area contributed by atoms with Gasteiger partial charge in [0.25, 0.3) is 25.4 Å². The van der Waals surface area contributed by atoms with Crippen LogP contribution in [0.3, 0.4) is 0 Å². The Kier molecular flexibility index (Phi) is 875000. The van der Waals surface area contributed by atoms with Gasteiger partial charge in [-0.15, -0.1) is 50.6 Å². The van der Waals surface area contributed by atoms with Gasteiger partial charge in [0.05, 0.1) is 0 Å². The van der Waals surface area contributed by atoms with Crippen molar-refractivity contribution in [1.29, 1.82) is 0 Å². The molecule has 0 unspecified atom stereocenters. The molecule has 0 aromatic rings. The van der Waals surface area contributed by atoms with Crippen LogP contribution in [-0.2, 0) is 0 Å². The van der Waals surface area contributed by atoms with E-state index in [1.807, 2.05) is 0 Å². The highest BCUT2D eigenvalue weighted by molar-refractivity contribution is 3.84. The molecule has 92 heavy (non-hydrogen) atoms. The molecular weight excluding hydrogens is 1320 g/mol. The molecule has 0 bridgehead atoms. The van der Waals surface area contributed by atoms with Gasteiger partial charge in [-0.1, -0.05) is 0 Å². The van der Waals surface area contributed by atoms with Gasteiger partial charge in [-0.25, -0.2) is 0 Å². The van der Waals surface area contributed by atoms with E-state index in [0.29, 0.717) is 0 Å². The molecule has 221 N–H and O–H groups in total. The molecule has 0 spiro atoms. The van der Waals surface area contributed by atoms with E-state index in [4.69, 9.17) is 76.6 Å². The third-order valence-electron chi connectivity index (χ3n) is 0. The van der Waals surface area contributed by atoms with Gasteiger partial charge in [-0.3, -0.25) is 0 Å². The topological polar surface area (TPSA) is 2840 Å². The summed E-state index contributed by atoms with van der Waals surface area (Å²) < 4.78 is 0. The SMILES string of the molecule is N.N.N.N.N.N.N.N.N.N.N.N.N.N.N.N.N.N.N.N.N.N.N.N.N.N.N.N.N.N.N.N.N.N.N.N.N.N.N.N.N.N.N.N.N.N.N.N.N.N.N.N.N.N.N.N.N.N.N.N.N.N.N.N.N.N.N.N.N.N.N.N.O=[N+]([O-])O.O=[N+]([O-])O.O=[N+]([O-])O.O=[N+]([O-])O.O=[N+]([O-])O. The first-order valence-corrected chi connectivity index (χ1v) is 2.83. The second kappa shape index (κ2) is 8810. The minimum Gasteiger partial charge on any atom is -0.344 e. The smallest absolute Gasteiger partial charge is 0.291 e. The Hall–Kier alpha value is -6.88. The minimum atomic E-state index is -1.50. The Morgan fingerprint density at radius 3 is 0.0978 bits per heavy atom. The Morgan fingerprint density at radius 1 is 0.0978 bits per heavy atom. The van der Waals surface area contributed by atoms with Gasteiger partial charge < -0.3 is 469 Å². The van der Waals surface area contributed by atoms with Gasteiger partial charge in [0.2, 0.25) is 0 Å². The standard InChI is InChI=1S/5HNO3.72H3N/c5*2-1(3)4;;;;;;;;;;;;;;;;;;;;;;;;;;;;;;;;;;;;;;;;;;;;;;;;;;;;;;;;;;;;;;;;;;;;;;;;/h5*(H,2,3,4);72*1H3. The largest absolute Gasteiger partial charge is 0.344 e. The molecule has 0 aromatic heterocycles. The Labute approximate surface area is 545 Å². The summed E-state index contributed by atoms with van der Waals surface area (Å²) in [6, 6.07) is 0. The normalized spacial score (nSPS) is 1.30. The molecule has 92 heteroatoms. The predicted molar refractivity (Wildman–Crippen MR) is 405 cm³/mol. The van der Waals surface area contributed by atoms with Gasteiger partial charge in [-0.05, 0) is 0 Å². The highest BCUT2D eigenvalue weighted by atomic mass is 16.9. The van der Waals surface area contributed by atoms with E-state index in [1.165, 1.54) is 0 Å². The fraction of sp³-hybridized carbons (Fsp3) is 0. The predicted octanol–water partition coefficient (Wildman–Crippen LogP) is 9.93. The van der Waals surface area contributed by atoms with Crippen molar-refractivity contribution in [3.05, 3.63) is 50.6 Å². The molecule has 0 aliphatic heterocycles. The molecule has 0 heterocycles. The fourth-order valence-corrected chi connectivity index (χ4v) is 0. The molecule has 0 aliphatic carbocycles. The van der Waals surface area contributed by atoms with Crippen molar-refractivity contribution < 1.29 is 51.5 Å². The summed E-state index contributed by atoms with van der Waals surface area (Å²) in [5.41, 5.74) is 0. The van der Waals surface area contributed by atoms with Crippen LogP contribution >= 0.6 is 0 Å². The monoisotopic (exact) mass is 1540 g/mol. The lowest BCUT2D eigenvalue weighted by Crippen LogP contribution is -1.81. The van der Waals surface area contributed by atoms with Crippen LogP contribution in [0, 0.1) is 50.6 Å². The van der Waals surface area contributed by atoms with Crippen LogP contribution in [0.1, 0.15) is 0 Å². The van der Waals surface area contributed by atoms with Crippen LogP contribution < -0.4 is 443 Å². The van der Waals surface area contributed by atoms with Crippen LogP contribution in [0.4, 0.5) is 0 Å². The zero-order valence-corrected chi connectivity index (χ0v) is 59.5. The highest BCUT2D eigenvalue weighted by Gasteiger charge is 1.67. The molecular formula is H221N77O15. The molecule has 92 nitrogen and oxygen atoms in total. The van der Waals surface area contributed by atoms with Crippen LogP contribution in [0.2, 0.25) is 0 Å². The molecule has 0 rings (SSSR count). The van der Waals surface area contributed by atoms with Gasteiger partial charge in [0, 0.05) is 0 Å². The lowest BCUT2D eigenvalue weighted by atomic mass is 13.1. The number of nitrogens with zero attached hydrogens (tertiary/aromatic N) is 5. The third-order valence-corrected chi connectivity index (χ3v) is 0. The van der Waals surface area contributed by atoms with Crippen molar-refractivity contribution in [2.75, 3.05) is 0 Å². The van der Waals surface area contributed by atoms with Gasteiger partial charge in [-0.2, -0.15) is 0 Å². The first kappa shape index (κ1) is 9140. The van der Waals surface area contributed by atoms with E-state index in [1.54, 1.807) is 0 Å². The molecule has 0 aliphatic rings. The second-order valence-electron chi connectivity index (χ2n) is 1.19. The van der Waals surface area contributed by atoms with Crippen molar-refractivity contribution in [1.82, 2.24) is 443 Å². The van der Waals surface area contributed by atoms with Crippen molar-refractivity contribution in [2.45, 2.75) is 0 Å². The maximum atomic E-state index is 8.36. The van der Waals surface area contributed by atoms with Crippen molar-refractivity contribution in [3.8, 4) is 0 Å². The summed E-state index contributed by atoms with van der Waals surface area (Å²) in [6.45, 7) is 0. The molecule has 0 saturated heterocycles. The number of rotatable bonds is 0. The summed E-state index contributed by atoms with van der Waals surface area (Å²) in [7, 11) is 0. The first-order valence-electron chi connectivity index (χ1n) is 2.83. The van der Waals surface area contributed by atoms with Crippen LogP contribution in [0.5, 0.6) is 0 Å². The Morgan fingerprint density at radius 2 is 0.0978 bits per heavy atom. The van der Waals surface area contributed by atoms with Crippen molar-refractivity contribution in [2.24, 2.45) is 0 Å². The molecule has 0 fully saturated rings. The average Bonchev–Trinajstić information content (AvgIpc) is 1.94. The summed E-state index contributed by atoms with van der Waals surface area (Å²) in [4.78, 5) is 41.8. The zero-order chi connectivity index (χ0) is 17.9. The maximum absolute atomic E-state index is 8.36. The Bertz CT molecular complexity index is 244. The summed E-state index contributed by atoms with van der Waals surface area (Å²) in [5.74, 6) is 0. The van der Waals surface area contributed by atoms with Crippen molar-refractivity contribution in [3.63, 3.8) is 0 Å². The maximum Gasteiger partial charge on any atom is 0.291 e. The van der Waals surface area contributed by atoms with E-state index in [0.717, 1.165) is 0 Å². The summed E-state index contributed by atoms with van der Waals surface area (Å²) in [5, 5.41) is 68.2. The third kappa shape index (κ3) is 11800. The van der Waals surface area contributed by atoms with E-state index < -0.39 is 25.4 Å². The van der Waals surface area contributed by atoms with E-state index in [2.05, 4.69) is 0 Å². The van der Waals surface area contributed by atoms with Gasteiger partial charge >= 0.3 is 0 Å². The van der Waals surface area contributed by atoms with Crippen LogP contribution in [0.15, 0.2) is 0 Å². The zero-order valence-electron chi connectivity index (χ0n) is 59.5. The quantitative estimate of drug-likeness (QED) is 0.0791. The molecule has 696 valence electrons. The molecule has 0 atom stereocenters. The van der Waals surface area contributed by atoms with E-state index >= 15 is 0 Å². The van der Waals surface area contributed by atoms with Crippen molar-refractivity contribution >= 4 is 0 Å². The highest BCUT2D eigenvalue weighted by Crippen LogP contribution is 1.39. The van der Waals surface area contributed by atoms with Crippen LogP contribution in [0.25, 0.3) is 0 Å². The lowest BCUT2D eigenvalue weighted by molar-refractivity contribution is -0.742. The summed E-state index contributed by atoms with van der Waals surface area (Å²) in [6.07, 6.45) is 0. The van der Waals surface area contributed by atoms with E-state index in [-0.39, 0.29) is 443 Å². The number of hydrogen-bond donors (Lipinski definition) is 77. The second-order valence-corrected chi connectivity index (χ2v) is 1.19. The van der Waals surface area contributed by atoms with E-state index in [9.17, 15) is 0 Å². The first-order chi connectivity index (χ1) is 8.66. The molecule has 0 amide bonds. The lowest BCUT2D eigenvalue weighted by Gasteiger charge is -1.56. The van der Waals surface area contributed by atoms with Crippen LogP contribution in [-0.4, -0.2) is 51.5 Å². The molecule has 0 aromatic carbocycles. The average molecular weight is 1540 g/mol. The minimum absolute atomic E-state index is 0. The van der Waals surface area contributed by atoms with Gasteiger partial charge in [0.15, 0.2) is 0 Å². The molecule has 0 saturated carbocycles.